The van der Waals surface area contributed by atoms with Crippen molar-refractivity contribution in [1.82, 2.24) is 10.3 Å². The fraction of sp³-hybridized carbons (Fsp3) is 0.238. The van der Waals surface area contributed by atoms with Gasteiger partial charge in [0.25, 0.3) is 5.91 Å². The van der Waals surface area contributed by atoms with Crippen molar-refractivity contribution in [2.45, 2.75) is 6.42 Å². The highest BCUT2D eigenvalue weighted by molar-refractivity contribution is 6.29. The minimum Gasteiger partial charge on any atom is -0.371 e. The average molecular weight is 402 g/mol. The molecule has 1 aliphatic heterocycles. The molecular formula is C21H18ClF2N3O. The van der Waals surface area contributed by atoms with Crippen molar-refractivity contribution in [2.24, 2.45) is 5.92 Å². The molecule has 3 aromatic rings. The van der Waals surface area contributed by atoms with Crippen molar-refractivity contribution in [1.29, 1.82) is 0 Å². The van der Waals surface area contributed by atoms with E-state index in [0.717, 1.165) is 29.9 Å². The molecule has 1 atom stereocenters. The van der Waals surface area contributed by atoms with Gasteiger partial charge in [-0.25, -0.2) is 13.8 Å². The summed E-state index contributed by atoms with van der Waals surface area (Å²) in [4.78, 5) is 18.7. The third kappa shape index (κ3) is 3.92. The summed E-state index contributed by atoms with van der Waals surface area (Å²) < 4.78 is 26.5. The van der Waals surface area contributed by atoms with Crippen LogP contribution in [-0.4, -0.2) is 30.5 Å². The number of hydrogen-bond donors (Lipinski definition) is 1. The molecule has 2 aromatic carbocycles. The van der Waals surface area contributed by atoms with Crippen LogP contribution >= 0.6 is 11.6 Å². The Kier molecular flexibility index (Phi) is 5.13. The maximum Gasteiger partial charge on any atom is 0.251 e. The van der Waals surface area contributed by atoms with Gasteiger partial charge in [0.05, 0.1) is 5.52 Å². The van der Waals surface area contributed by atoms with E-state index in [2.05, 4.69) is 10.3 Å². The first-order valence-electron chi connectivity index (χ1n) is 9.04. The van der Waals surface area contributed by atoms with Gasteiger partial charge in [0.1, 0.15) is 5.15 Å². The van der Waals surface area contributed by atoms with Crippen LogP contribution < -0.4 is 10.2 Å². The number of rotatable bonds is 4. The van der Waals surface area contributed by atoms with E-state index in [1.807, 2.05) is 11.0 Å². The lowest BCUT2D eigenvalue weighted by atomic mass is 10.1. The van der Waals surface area contributed by atoms with Gasteiger partial charge in [-0.1, -0.05) is 11.6 Å². The van der Waals surface area contributed by atoms with E-state index in [-0.39, 0.29) is 11.8 Å². The highest BCUT2D eigenvalue weighted by Crippen LogP contribution is 2.25. The number of fused-ring (bicyclic) bond motifs is 1. The van der Waals surface area contributed by atoms with E-state index in [4.69, 9.17) is 11.6 Å². The molecule has 144 valence electrons. The summed E-state index contributed by atoms with van der Waals surface area (Å²) >= 11 is 5.88. The van der Waals surface area contributed by atoms with E-state index in [1.165, 1.54) is 6.07 Å². The zero-order valence-electron chi connectivity index (χ0n) is 15.0. The zero-order chi connectivity index (χ0) is 19.7. The molecule has 1 aromatic heterocycles. The summed E-state index contributed by atoms with van der Waals surface area (Å²) in [6.45, 7) is 1.95. The van der Waals surface area contributed by atoms with Crippen LogP contribution in [0.25, 0.3) is 10.9 Å². The number of hydrogen-bond acceptors (Lipinski definition) is 3. The number of benzene rings is 2. The van der Waals surface area contributed by atoms with Crippen LogP contribution in [0.5, 0.6) is 0 Å². The Hall–Kier alpha value is -2.73. The van der Waals surface area contributed by atoms with Crippen molar-refractivity contribution < 1.29 is 13.6 Å². The van der Waals surface area contributed by atoms with Crippen LogP contribution in [-0.2, 0) is 0 Å². The first-order valence-corrected chi connectivity index (χ1v) is 9.42. The number of aromatic nitrogens is 1. The molecule has 1 aliphatic rings. The molecular weight excluding hydrogens is 384 g/mol. The Labute approximate surface area is 166 Å². The minimum absolute atomic E-state index is 0.150. The number of anilines is 1. The number of nitrogens with one attached hydrogen (secondary N) is 1. The molecule has 1 fully saturated rings. The van der Waals surface area contributed by atoms with E-state index in [9.17, 15) is 13.6 Å². The first-order chi connectivity index (χ1) is 13.5. The number of nitrogens with zero attached hydrogens (tertiary/aromatic N) is 2. The van der Waals surface area contributed by atoms with Gasteiger partial charge in [-0.15, -0.1) is 0 Å². The van der Waals surface area contributed by atoms with E-state index < -0.39 is 11.6 Å². The Morgan fingerprint density at radius 1 is 1.14 bits per heavy atom. The number of pyridine rings is 1. The van der Waals surface area contributed by atoms with Crippen molar-refractivity contribution in [2.75, 3.05) is 24.5 Å². The van der Waals surface area contributed by atoms with Gasteiger partial charge < -0.3 is 10.2 Å². The van der Waals surface area contributed by atoms with Crippen molar-refractivity contribution >= 4 is 34.1 Å². The second-order valence-electron chi connectivity index (χ2n) is 6.95. The minimum atomic E-state index is -0.848. The molecule has 7 heteroatoms. The summed E-state index contributed by atoms with van der Waals surface area (Å²) in [5.74, 6) is -1.60. The van der Waals surface area contributed by atoms with Gasteiger partial charge in [-0.3, -0.25) is 4.79 Å². The van der Waals surface area contributed by atoms with E-state index >= 15 is 0 Å². The van der Waals surface area contributed by atoms with E-state index in [1.54, 1.807) is 30.3 Å². The molecule has 0 bridgehead atoms. The topological polar surface area (TPSA) is 45.2 Å². The molecule has 0 radical (unpaired) electrons. The third-order valence-electron chi connectivity index (χ3n) is 5.02. The number of carbonyl (C=O) groups excluding carboxylic acids is 1. The predicted octanol–water partition coefficient (Wildman–Crippen LogP) is 4.42. The zero-order valence-corrected chi connectivity index (χ0v) is 15.7. The Bertz CT molecular complexity index is 1040. The Morgan fingerprint density at radius 2 is 2.00 bits per heavy atom. The average Bonchev–Trinajstić information content (AvgIpc) is 3.17. The van der Waals surface area contributed by atoms with Gasteiger partial charge in [0, 0.05) is 42.3 Å². The highest BCUT2D eigenvalue weighted by atomic mass is 35.5. The van der Waals surface area contributed by atoms with Gasteiger partial charge in [-0.2, -0.15) is 0 Å². The third-order valence-corrected chi connectivity index (χ3v) is 5.23. The van der Waals surface area contributed by atoms with Crippen molar-refractivity contribution in [3.8, 4) is 0 Å². The smallest absolute Gasteiger partial charge is 0.251 e. The van der Waals surface area contributed by atoms with Crippen LogP contribution in [0.15, 0.2) is 48.5 Å². The van der Waals surface area contributed by atoms with Crippen molar-refractivity contribution in [3.05, 3.63) is 70.9 Å². The van der Waals surface area contributed by atoms with Gasteiger partial charge in [0.2, 0.25) is 0 Å². The fourth-order valence-electron chi connectivity index (χ4n) is 3.50. The van der Waals surface area contributed by atoms with Crippen LogP contribution in [0.2, 0.25) is 5.15 Å². The molecule has 1 amide bonds. The lowest BCUT2D eigenvalue weighted by Crippen LogP contribution is -2.31. The first kappa shape index (κ1) is 18.6. The maximum absolute atomic E-state index is 13.4. The molecule has 0 spiro atoms. The van der Waals surface area contributed by atoms with Crippen LogP contribution in [0.4, 0.5) is 14.5 Å². The van der Waals surface area contributed by atoms with Crippen LogP contribution in [0.1, 0.15) is 16.8 Å². The lowest BCUT2D eigenvalue weighted by Gasteiger charge is -2.19. The molecule has 0 aliphatic carbocycles. The lowest BCUT2D eigenvalue weighted by molar-refractivity contribution is 0.0948. The summed E-state index contributed by atoms with van der Waals surface area (Å²) in [6.07, 6.45) is 0.874. The van der Waals surface area contributed by atoms with Gasteiger partial charge in [0.15, 0.2) is 11.6 Å². The summed E-state index contributed by atoms with van der Waals surface area (Å²) in [6, 6.07) is 12.7. The molecule has 0 saturated carbocycles. The van der Waals surface area contributed by atoms with Gasteiger partial charge >= 0.3 is 0 Å². The number of amides is 1. The Balaban J connectivity index is 1.36. The number of carbonyl (C=O) groups is 1. The monoisotopic (exact) mass is 401 g/mol. The number of halogens is 3. The van der Waals surface area contributed by atoms with Crippen molar-refractivity contribution in [3.63, 3.8) is 0 Å². The molecule has 2 heterocycles. The normalized spacial score (nSPS) is 16.5. The fourth-order valence-corrected chi connectivity index (χ4v) is 3.65. The molecule has 1 saturated heterocycles. The van der Waals surface area contributed by atoms with Crippen LogP contribution in [0, 0.1) is 17.6 Å². The standard InChI is InChI=1S/C21H18ClF2N3O/c22-20-6-2-14-9-15(1-5-19(14)26-20)21(28)25-11-13-7-8-27(12-13)16-3-4-17(23)18(24)10-16/h1-6,9-10,13H,7-8,11-12H2,(H,25,28). The second kappa shape index (κ2) is 7.72. The predicted molar refractivity (Wildman–Crippen MR) is 106 cm³/mol. The SMILES string of the molecule is O=C(NCC1CCN(c2ccc(F)c(F)c2)C1)c1ccc2nc(Cl)ccc2c1. The summed E-state index contributed by atoms with van der Waals surface area (Å²) in [5.41, 5.74) is 1.96. The molecule has 4 nitrogen and oxygen atoms in total. The molecule has 1 unspecified atom stereocenters. The quantitative estimate of drug-likeness (QED) is 0.658. The van der Waals surface area contributed by atoms with Crippen LogP contribution in [0.3, 0.4) is 0 Å². The summed E-state index contributed by atoms with van der Waals surface area (Å²) in [7, 11) is 0. The molecule has 1 N–H and O–H groups in total. The largest absolute Gasteiger partial charge is 0.371 e. The molecule has 4 rings (SSSR count). The Morgan fingerprint density at radius 3 is 2.82 bits per heavy atom. The van der Waals surface area contributed by atoms with E-state index in [0.29, 0.717) is 29.5 Å². The molecule has 28 heavy (non-hydrogen) atoms. The van der Waals surface area contributed by atoms with Gasteiger partial charge in [-0.05, 0) is 54.8 Å². The second-order valence-corrected chi connectivity index (χ2v) is 7.34. The maximum atomic E-state index is 13.4. The highest BCUT2D eigenvalue weighted by Gasteiger charge is 2.24. The summed E-state index contributed by atoms with van der Waals surface area (Å²) in [5, 5.41) is 4.23.